The van der Waals surface area contributed by atoms with Crippen molar-refractivity contribution in [1.29, 1.82) is 0 Å². The first-order valence-electron chi connectivity index (χ1n) is 10.0. The van der Waals surface area contributed by atoms with Crippen LogP contribution in [0.4, 0.5) is 11.5 Å². The van der Waals surface area contributed by atoms with Crippen LogP contribution in [0.2, 0.25) is 0 Å². The number of hydrogen-bond donors (Lipinski definition) is 0. The molecule has 0 atom stereocenters. The van der Waals surface area contributed by atoms with Crippen LogP contribution in [0.5, 0.6) is 0 Å². The second-order valence-corrected chi connectivity index (χ2v) is 8.84. The molecule has 4 heterocycles. The van der Waals surface area contributed by atoms with Crippen LogP contribution in [0.3, 0.4) is 0 Å². The molecule has 5 rings (SSSR count). The summed E-state index contributed by atoms with van der Waals surface area (Å²) in [5.41, 5.74) is 2.31. The topological polar surface area (TPSA) is 61.3 Å². The molecule has 0 radical (unpaired) electrons. The summed E-state index contributed by atoms with van der Waals surface area (Å²) in [5, 5.41) is 11.7. The van der Waals surface area contributed by atoms with Gasteiger partial charge >= 0.3 is 0 Å². The van der Waals surface area contributed by atoms with Crippen molar-refractivity contribution in [3.8, 4) is 0 Å². The van der Waals surface area contributed by atoms with Gasteiger partial charge in [-0.25, -0.2) is 9.97 Å². The minimum atomic E-state index is 0.907. The van der Waals surface area contributed by atoms with Crippen LogP contribution < -0.4 is 9.80 Å². The molecule has 2 aliphatic rings. The van der Waals surface area contributed by atoms with Crippen LogP contribution in [-0.4, -0.2) is 64.3 Å². The van der Waals surface area contributed by atoms with Crippen molar-refractivity contribution in [3.05, 3.63) is 34.5 Å². The van der Waals surface area contributed by atoms with E-state index in [1.54, 1.807) is 17.7 Å². The fourth-order valence-electron chi connectivity index (χ4n) is 4.17. The lowest BCUT2D eigenvalue weighted by atomic mass is 10.1. The average molecular weight is 396 g/mol. The molecule has 0 aliphatic carbocycles. The maximum absolute atomic E-state index is 4.61. The number of piperazine rings is 1. The largest absolute Gasteiger partial charge is 0.369 e. The summed E-state index contributed by atoms with van der Waals surface area (Å²) in [6.07, 6.45) is 4.20. The summed E-state index contributed by atoms with van der Waals surface area (Å²) in [6.45, 7) is 9.25. The van der Waals surface area contributed by atoms with Gasteiger partial charge in [-0.1, -0.05) is 0 Å². The van der Waals surface area contributed by atoms with E-state index in [0.29, 0.717) is 0 Å². The van der Waals surface area contributed by atoms with Gasteiger partial charge in [-0.15, -0.1) is 21.5 Å². The molecule has 3 aromatic rings. The van der Waals surface area contributed by atoms with Crippen LogP contribution in [0.15, 0.2) is 24.5 Å². The molecule has 1 aromatic carbocycles. The molecule has 0 saturated carbocycles. The number of anilines is 2. The fourth-order valence-corrected chi connectivity index (χ4v) is 4.92. The molecule has 7 nitrogen and oxygen atoms in total. The number of hydrogen-bond acceptors (Lipinski definition) is 8. The van der Waals surface area contributed by atoms with E-state index < -0.39 is 0 Å². The number of rotatable bonds is 4. The van der Waals surface area contributed by atoms with E-state index in [-0.39, 0.29) is 0 Å². The van der Waals surface area contributed by atoms with E-state index in [1.165, 1.54) is 23.9 Å². The second kappa shape index (κ2) is 7.60. The Balaban J connectivity index is 1.32. The molecule has 28 heavy (non-hydrogen) atoms. The third-order valence-corrected chi connectivity index (χ3v) is 6.49. The van der Waals surface area contributed by atoms with Crippen LogP contribution in [0, 0.1) is 6.92 Å². The summed E-state index contributed by atoms with van der Waals surface area (Å²) in [4.78, 5) is 16.4. The van der Waals surface area contributed by atoms with E-state index in [9.17, 15) is 0 Å². The zero-order valence-corrected chi connectivity index (χ0v) is 17.0. The highest BCUT2D eigenvalue weighted by atomic mass is 32.1. The van der Waals surface area contributed by atoms with Crippen molar-refractivity contribution >= 4 is 33.7 Å². The molecule has 0 unspecified atom stereocenters. The van der Waals surface area contributed by atoms with Crippen molar-refractivity contribution in [1.82, 2.24) is 25.1 Å². The van der Waals surface area contributed by atoms with Gasteiger partial charge in [-0.3, -0.25) is 4.90 Å². The fraction of sp³-hybridized carbons (Fsp3) is 0.500. The molecular weight excluding hydrogens is 370 g/mol. The molecule has 0 spiro atoms. The van der Waals surface area contributed by atoms with E-state index in [0.717, 1.165) is 67.2 Å². The Hall–Kier alpha value is -2.32. The van der Waals surface area contributed by atoms with Crippen molar-refractivity contribution in [3.63, 3.8) is 0 Å². The van der Waals surface area contributed by atoms with Gasteiger partial charge in [0, 0.05) is 50.3 Å². The maximum Gasteiger partial charge on any atom is 0.139 e. The quantitative estimate of drug-likeness (QED) is 0.673. The lowest BCUT2D eigenvalue weighted by Crippen LogP contribution is -2.45. The Kier molecular flexibility index (Phi) is 4.82. The first kappa shape index (κ1) is 17.8. The molecule has 0 amide bonds. The maximum atomic E-state index is 4.61. The van der Waals surface area contributed by atoms with Gasteiger partial charge < -0.3 is 9.80 Å². The number of aromatic nitrogens is 4. The van der Waals surface area contributed by atoms with Crippen LogP contribution in [-0.2, 0) is 6.54 Å². The van der Waals surface area contributed by atoms with Crippen LogP contribution >= 0.6 is 11.3 Å². The van der Waals surface area contributed by atoms with Gasteiger partial charge in [-0.2, -0.15) is 0 Å². The third-order valence-electron chi connectivity index (χ3n) is 5.67. The lowest BCUT2D eigenvalue weighted by molar-refractivity contribution is 0.249. The van der Waals surface area contributed by atoms with Gasteiger partial charge in [-0.05, 0) is 38.0 Å². The number of aryl methyl sites for hydroxylation is 1. The first-order valence-corrected chi connectivity index (χ1v) is 10.8. The Morgan fingerprint density at radius 1 is 0.929 bits per heavy atom. The van der Waals surface area contributed by atoms with Crippen molar-refractivity contribution in [2.45, 2.75) is 26.3 Å². The van der Waals surface area contributed by atoms with Gasteiger partial charge in [0.1, 0.15) is 22.2 Å². The number of nitrogens with zero attached hydrogens (tertiary/aromatic N) is 7. The Labute approximate surface area is 169 Å². The van der Waals surface area contributed by atoms with Gasteiger partial charge in [0.25, 0.3) is 0 Å². The van der Waals surface area contributed by atoms with Gasteiger partial charge in [0.05, 0.1) is 12.1 Å². The summed E-state index contributed by atoms with van der Waals surface area (Å²) in [5.74, 6) is 1.09. The monoisotopic (exact) mass is 395 g/mol. The predicted octanol–water partition coefficient (Wildman–Crippen LogP) is 2.71. The lowest BCUT2D eigenvalue weighted by Gasteiger charge is -2.35. The van der Waals surface area contributed by atoms with Crippen LogP contribution in [0.25, 0.3) is 10.9 Å². The number of benzene rings is 1. The first-order chi connectivity index (χ1) is 13.8. The Morgan fingerprint density at radius 3 is 2.50 bits per heavy atom. The van der Waals surface area contributed by atoms with E-state index in [2.05, 4.69) is 53.1 Å². The highest BCUT2D eigenvalue weighted by molar-refractivity contribution is 7.11. The predicted molar refractivity (Wildman–Crippen MR) is 113 cm³/mol. The summed E-state index contributed by atoms with van der Waals surface area (Å²) in [7, 11) is 0. The summed E-state index contributed by atoms with van der Waals surface area (Å²) < 4.78 is 0. The van der Waals surface area contributed by atoms with Crippen molar-refractivity contribution < 1.29 is 0 Å². The molecule has 0 bridgehead atoms. The number of fused-ring (bicyclic) bond motifs is 1. The molecule has 2 saturated heterocycles. The smallest absolute Gasteiger partial charge is 0.139 e. The van der Waals surface area contributed by atoms with Gasteiger partial charge in [0.15, 0.2) is 0 Å². The van der Waals surface area contributed by atoms with E-state index in [4.69, 9.17) is 0 Å². The zero-order valence-electron chi connectivity index (χ0n) is 16.2. The average Bonchev–Trinajstić information content (AvgIpc) is 3.40. The Morgan fingerprint density at radius 2 is 1.75 bits per heavy atom. The van der Waals surface area contributed by atoms with Crippen molar-refractivity contribution in [2.24, 2.45) is 0 Å². The zero-order chi connectivity index (χ0) is 18.9. The molecule has 0 N–H and O–H groups in total. The highest BCUT2D eigenvalue weighted by Gasteiger charge is 2.21. The van der Waals surface area contributed by atoms with Crippen LogP contribution in [0.1, 0.15) is 22.9 Å². The Bertz CT molecular complexity index is 958. The summed E-state index contributed by atoms with van der Waals surface area (Å²) in [6, 6.07) is 6.63. The molecule has 2 aliphatic heterocycles. The highest BCUT2D eigenvalue weighted by Crippen LogP contribution is 2.30. The minimum absolute atomic E-state index is 0.907. The minimum Gasteiger partial charge on any atom is -0.369 e. The summed E-state index contributed by atoms with van der Waals surface area (Å²) >= 11 is 1.70. The third kappa shape index (κ3) is 3.54. The molecule has 8 heteroatoms. The van der Waals surface area contributed by atoms with E-state index >= 15 is 0 Å². The standard InChI is InChI=1S/C20H25N7S/c1-15-23-24-19(28-15)13-25-8-10-26(11-9-25)16-4-5-18-17(12-16)20(22-14-21-18)27-6-2-3-7-27/h4-5,12,14H,2-3,6-11,13H2,1H3. The molecular formula is C20H25N7S. The normalized spacial score (nSPS) is 18.3. The second-order valence-electron chi connectivity index (χ2n) is 7.57. The van der Waals surface area contributed by atoms with Crippen molar-refractivity contribution in [2.75, 3.05) is 49.1 Å². The SMILES string of the molecule is Cc1nnc(CN2CCN(c3ccc4ncnc(N5CCCC5)c4c3)CC2)s1. The molecule has 2 fully saturated rings. The van der Waals surface area contributed by atoms with Gasteiger partial charge in [0.2, 0.25) is 0 Å². The molecule has 2 aromatic heterocycles. The molecule has 146 valence electrons. The van der Waals surface area contributed by atoms with E-state index in [1.807, 2.05) is 6.92 Å².